The fourth-order valence-electron chi connectivity index (χ4n) is 2.41. The highest BCUT2D eigenvalue weighted by Gasteiger charge is 2.09. The third-order valence-corrected chi connectivity index (χ3v) is 4.22. The topological polar surface area (TPSA) is 76.1 Å². The Labute approximate surface area is 168 Å². The summed E-state index contributed by atoms with van der Waals surface area (Å²) in [5.74, 6) is 0.983. The third-order valence-electron chi connectivity index (χ3n) is 3.81. The van der Waals surface area contributed by atoms with Crippen LogP contribution in [-0.4, -0.2) is 22.0 Å². The van der Waals surface area contributed by atoms with Gasteiger partial charge >= 0.3 is 0 Å². The molecule has 7 heteroatoms. The second kappa shape index (κ2) is 8.71. The summed E-state index contributed by atoms with van der Waals surface area (Å²) in [6.07, 6.45) is 3.05. The Morgan fingerprint density at radius 3 is 2.36 bits per heavy atom. The average molecular weight is 397 g/mol. The number of anilines is 3. The van der Waals surface area contributed by atoms with E-state index in [4.69, 9.17) is 16.3 Å². The van der Waals surface area contributed by atoms with Gasteiger partial charge in [-0.15, -0.1) is 0 Å². The van der Waals surface area contributed by atoms with Crippen LogP contribution in [0.5, 0.6) is 5.75 Å². The predicted molar refractivity (Wildman–Crippen MR) is 112 cm³/mol. The zero-order valence-electron chi connectivity index (χ0n) is 15.9. The van der Waals surface area contributed by atoms with Crippen LogP contribution in [0.25, 0.3) is 0 Å². The molecule has 6 nitrogen and oxygen atoms in total. The summed E-state index contributed by atoms with van der Waals surface area (Å²) >= 11 is 6.08. The number of ether oxygens (including phenoxy) is 1. The predicted octanol–water partition coefficient (Wildman–Crippen LogP) is 5.22. The van der Waals surface area contributed by atoms with Crippen molar-refractivity contribution in [2.24, 2.45) is 0 Å². The first-order chi connectivity index (χ1) is 13.4. The number of amides is 1. The summed E-state index contributed by atoms with van der Waals surface area (Å²) in [4.78, 5) is 20.7. The van der Waals surface area contributed by atoms with Crippen molar-refractivity contribution >= 4 is 34.7 Å². The van der Waals surface area contributed by atoms with Crippen LogP contribution in [0.15, 0.2) is 54.9 Å². The zero-order valence-corrected chi connectivity index (χ0v) is 16.6. The Morgan fingerprint density at radius 2 is 1.75 bits per heavy atom. The molecule has 0 atom stereocenters. The maximum atomic E-state index is 12.3. The highest BCUT2D eigenvalue weighted by atomic mass is 35.5. The molecule has 0 spiro atoms. The minimum atomic E-state index is -0.353. The Hall–Kier alpha value is -3.12. The van der Waals surface area contributed by atoms with Gasteiger partial charge in [0.2, 0.25) is 0 Å². The SMILES string of the molecule is Cc1ccc(NC(=O)c2cnc(Nc3ccc(OC(C)C)cc3)cn2)cc1Cl. The van der Waals surface area contributed by atoms with Crippen molar-refractivity contribution in [2.45, 2.75) is 26.9 Å². The molecule has 0 fully saturated rings. The molecule has 1 aromatic heterocycles. The molecule has 0 bridgehead atoms. The highest BCUT2D eigenvalue weighted by Crippen LogP contribution is 2.21. The van der Waals surface area contributed by atoms with Crippen LogP contribution in [0.1, 0.15) is 29.9 Å². The summed E-state index contributed by atoms with van der Waals surface area (Å²) in [7, 11) is 0. The minimum absolute atomic E-state index is 0.124. The fraction of sp³-hybridized carbons (Fsp3) is 0.190. The number of rotatable bonds is 6. The smallest absolute Gasteiger partial charge is 0.275 e. The third kappa shape index (κ3) is 5.20. The lowest BCUT2D eigenvalue weighted by Gasteiger charge is -2.11. The lowest BCUT2D eigenvalue weighted by atomic mass is 10.2. The average Bonchev–Trinajstić information content (AvgIpc) is 2.66. The van der Waals surface area contributed by atoms with E-state index < -0.39 is 0 Å². The molecule has 0 saturated heterocycles. The van der Waals surface area contributed by atoms with E-state index in [1.165, 1.54) is 12.4 Å². The largest absolute Gasteiger partial charge is 0.491 e. The van der Waals surface area contributed by atoms with Gasteiger partial charge in [0.05, 0.1) is 18.5 Å². The summed E-state index contributed by atoms with van der Waals surface area (Å²) < 4.78 is 5.62. The number of carbonyl (C=O) groups excluding carboxylic acids is 1. The summed E-state index contributed by atoms with van der Waals surface area (Å²) in [5, 5.41) is 6.48. The quantitative estimate of drug-likeness (QED) is 0.597. The van der Waals surface area contributed by atoms with Gasteiger partial charge in [-0.1, -0.05) is 17.7 Å². The van der Waals surface area contributed by atoms with Crippen LogP contribution in [0.4, 0.5) is 17.2 Å². The van der Waals surface area contributed by atoms with Crippen LogP contribution in [0.3, 0.4) is 0 Å². The van der Waals surface area contributed by atoms with Crippen molar-refractivity contribution in [3.63, 3.8) is 0 Å². The molecule has 0 unspecified atom stereocenters. The maximum Gasteiger partial charge on any atom is 0.275 e. The standard InChI is InChI=1S/C21H21ClN4O2/c1-13(2)28-17-8-6-15(7-9-17)25-20-12-23-19(11-24-20)21(27)26-16-5-4-14(3)18(22)10-16/h4-13H,1-3H3,(H,24,25)(H,26,27). The summed E-state index contributed by atoms with van der Waals surface area (Å²) in [6.45, 7) is 5.86. The number of carbonyl (C=O) groups is 1. The van der Waals surface area contributed by atoms with Gasteiger partial charge in [-0.2, -0.15) is 0 Å². The number of nitrogens with zero attached hydrogens (tertiary/aromatic N) is 2. The van der Waals surface area contributed by atoms with E-state index in [1.807, 2.05) is 51.1 Å². The van der Waals surface area contributed by atoms with Gasteiger partial charge in [-0.05, 0) is 62.7 Å². The summed E-state index contributed by atoms with van der Waals surface area (Å²) in [5.41, 5.74) is 2.60. The van der Waals surface area contributed by atoms with Gasteiger partial charge in [0, 0.05) is 16.4 Å². The monoisotopic (exact) mass is 396 g/mol. The van der Waals surface area contributed by atoms with Gasteiger partial charge < -0.3 is 15.4 Å². The van der Waals surface area contributed by atoms with E-state index in [-0.39, 0.29) is 17.7 Å². The normalized spacial score (nSPS) is 10.6. The number of benzene rings is 2. The van der Waals surface area contributed by atoms with Crippen molar-refractivity contribution < 1.29 is 9.53 Å². The van der Waals surface area contributed by atoms with Gasteiger partial charge in [-0.25, -0.2) is 9.97 Å². The Kier molecular flexibility index (Phi) is 6.11. The zero-order chi connectivity index (χ0) is 20.1. The molecule has 0 aliphatic rings. The lowest BCUT2D eigenvalue weighted by Crippen LogP contribution is -2.14. The minimum Gasteiger partial charge on any atom is -0.491 e. The van der Waals surface area contributed by atoms with Crippen LogP contribution < -0.4 is 15.4 Å². The van der Waals surface area contributed by atoms with E-state index >= 15 is 0 Å². The Bertz CT molecular complexity index is 957. The number of aryl methyl sites for hydroxylation is 1. The Morgan fingerprint density at radius 1 is 1.04 bits per heavy atom. The van der Waals surface area contributed by atoms with Crippen molar-refractivity contribution in [3.8, 4) is 5.75 Å². The molecule has 3 aromatic rings. The number of hydrogen-bond donors (Lipinski definition) is 2. The first kappa shape index (κ1) is 19.6. The van der Waals surface area contributed by atoms with E-state index in [0.717, 1.165) is 17.0 Å². The number of hydrogen-bond acceptors (Lipinski definition) is 5. The van der Waals surface area contributed by atoms with E-state index in [0.29, 0.717) is 16.5 Å². The Balaban J connectivity index is 1.62. The van der Waals surface area contributed by atoms with E-state index in [9.17, 15) is 4.79 Å². The fourth-order valence-corrected chi connectivity index (χ4v) is 2.59. The molecule has 0 radical (unpaired) electrons. The van der Waals surface area contributed by atoms with Gasteiger partial charge in [0.25, 0.3) is 5.91 Å². The number of nitrogens with one attached hydrogen (secondary N) is 2. The second-order valence-electron chi connectivity index (χ2n) is 6.52. The maximum absolute atomic E-state index is 12.3. The van der Waals surface area contributed by atoms with Crippen molar-refractivity contribution in [1.29, 1.82) is 0 Å². The molecule has 2 N–H and O–H groups in total. The molecule has 144 valence electrons. The van der Waals surface area contributed by atoms with E-state index in [2.05, 4.69) is 20.6 Å². The summed E-state index contributed by atoms with van der Waals surface area (Å²) in [6, 6.07) is 12.9. The van der Waals surface area contributed by atoms with Crippen molar-refractivity contribution in [2.75, 3.05) is 10.6 Å². The molecule has 0 aliphatic carbocycles. The first-order valence-corrected chi connectivity index (χ1v) is 9.22. The van der Waals surface area contributed by atoms with E-state index in [1.54, 1.807) is 12.1 Å². The highest BCUT2D eigenvalue weighted by molar-refractivity contribution is 6.31. The molecule has 1 heterocycles. The lowest BCUT2D eigenvalue weighted by molar-refractivity contribution is 0.102. The van der Waals surface area contributed by atoms with Crippen molar-refractivity contribution in [3.05, 3.63) is 71.1 Å². The molecule has 1 amide bonds. The van der Waals surface area contributed by atoms with Crippen molar-refractivity contribution in [1.82, 2.24) is 9.97 Å². The van der Waals surface area contributed by atoms with Crippen LogP contribution in [0, 0.1) is 6.92 Å². The first-order valence-electron chi connectivity index (χ1n) is 8.84. The van der Waals surface area contributed by atoms with Crippen LogP contribution in [0.2, 0.25) is 5.02 Å². The molecule has 2 aromatic carbocycles. The number of halogens is 1. The molecule has 0 saturated carbocycles. The molecular formula is C21H21ClN4O2. The molecule has 0 aliphatic heterocycles. The van der Waals surface area contributed by atoms with Crippen LogP contribution in [-0.2, 0) is 0 Å². The van der Waals surface area contributed by atoms with Gasteiger partial charge in [0.15, 0.2) is 0 Å². The molecular weight excluding hydrogens is 376 g/mol. The van der Waals surface area contributed by atoms with Crippen LogP contribution >= 0.6 is 11.6 Å². The van der Waals surface area contributed by atoms with Gasteiger partial charge in [-0.3, -0.25) is 4.79 Å². The molecule has 28 heavy (non-hydrogen) atoms. The van der Waals surface area contributed by atoms with Gasteiger partial charge in [0.1, 0.15) is 17.3 Å². The second-order valence-corrected chi connectivity index (χ2v) is 6.93. The molecule has 3 rings (SSSR count). The number of aromatic nitrogens is 2.